The molecule has 4 nitrogen and oxygen atoms in total. The van der Waals surface area contributed by atoms with E-state index in [4.69, 9.17) is 5.11 Å². The Morgan fingerprint density at radius 3 is 2.68 bits per heavy atom. The van der Waals surface area contributed by atoms with Gasteiger partial charge in [0.15, 0.2) is 5.69 Å². The first kappa shape index (κ1) is 14.4. The number of hydrogen-bond acceptors (Lipinski definition) is 5. The summed E-state index contributed by atoms with van der Waals surface area (Å²) in [6.45, 7) is 0. The molecule has 0 bridgehead atoms. The first-order valence-electron chi connectivity index (χ1n) is 5.26. The maximum absolute atomic E-state index is 12.8. The Balaban J connectivity index is 2.40. The normalized spacial score (nSPS) is 20.3. The molecule has 2 heterocycles. The first-order valence-corrected chi connectivity index (χ1v) is 7.46. The standard InChI is InChI=1S/C10H9F3N2O2S2/c11-10(12,13)7-5(9(16)17)3-14-8(15-7)6-4-18-1-2-19-6/h3,6H,1-2,4H2,(H,16,17). The van der Waals surface area contributed by atoms with Crippen molar-refractivity contribution in [3.63, 3.8) is 0 Å². The van der Waals surface area contributed by atoms with Gasteiger partial charge in [0.05, 0.1) is 5.25 Å². The fourth-order valence-electron chi connectivity index (χ4n) is 1.56. The predicted molar refractivity (Wildman–Crippen MR) is 66.5 cm³/mol. The number of halogens is 3. The van der Waals surface area contributed by atoms with Crippen LogP contribution in [0.2, 0.25) is 0 Å². The van der Waals surface area contributed by atoms with Crippen molar-refractivity contribution in [2.24, 2.45) is 0 Å². The molecular weight excluding hydrogens is 301 g/mol. The van der Waals surface area contributed by atoms with E-state index in [0.29, 0.717) is 5.75 Å². The maximum Gasteiger partial charge on any atom is 0.434 e. The highest BCUT2D eigenvalue weighted by Gasteiger charge is 2.38. The third kappa shape index (κ3) is 3.33. The van der Waals surface area contributed by atoms with Crippen LogP contribution in [-0.4, -0.2) is 38.3 Å². The van der Waals surface area contributed by atoms with E-state index in [-0.39, 0.29) is 11.1 Å². The van der Waals surface area contributed by atoms with Gasteiger partial charge in [-0.05, 0) is 0 Å². The third-order valence-electron chi connectivity index (χ3n) is 2.41. The Kier molecular flexibility index (Phi) is 4.24. The molecule has 1 aliphatic rings. The van der Waals surface area contributed by atoms with Crippen LogP contribution in [0.4, 0.5) is 13.2 Å². The molecular formula is C10H9F3N2O2S2. The minimum absolute atomic E-state index is 0.0505. The van der Waals surface area contributed by atoms with Crippen LogP contribution in [-0.2, 0) is 6.18 Å². The lowest BCUT2D eigenvalue weighted by Gasteiger charge is -2.20. The van der Waals surface area contributed by atoms with E-state index in [1.165, 1.54) is 11.8 Å². The van der Waals surface area contributed by atoms with Crippen LogP contribution in [0.25, 0.3) is 0 Å². The molecule has 0 spiro atoms. The molecule has 19 heavy (non-hydrogen) atoms. The largest absolute Gasteiger partial charge is 0.478 e. The zero-order chi connectivity index (χ0) is 14.0. The molecule has 1 aliphatic heterocycles. The second-order valence-electron chi connectivity index (χ2n) is 3.73. The number of carboxylic acids is 1. The summed E-state index contributed by atoms with van der Waals surface area (Å²) in [5.74, 6) is 0.773. The molecule has 1 aromatic rings. The van der Waals surface area contributed by atoms with Crippen molar-refractivity contribution in [2.75, 3.05) is 17.3 Å². The Hall–Kier alpha value is -0.960. The van der Waals surface area contributed by atoms with Gasteiger partial charge in [0.1, 0.15) is 11.4 Å². The summed E-state index contributed by atoms with van der Waals surface area (Å²) < 4.78 is 38.4. The van der Waals surface area contributed by atoms with E-state index in [0.717, 1.165) is 17.7 Å². The second-order valence-corrected chi connectivity index (χ2v) is 6.19. The molecule has 0 amide bonds. The van der Waals surface area contributed by atoms with Crippen LogP contribution < -0.4 is 0 Å². The summed E-state index contributed by atoms with van der Waals surface area (Å²) in [5, 5.41) is 8.52. The van der Waals surface area contributed by atoms with E-state index < -0.39 is 23.4 Å². The lowest BCUT2D eigenvalue weighted by Crippen LogP contribution is -2.19. The minimum Gasteiger partial charge on any atom is -0.478 e. The van der Waals surface area contributed by atoms with Gasteiger partial charge in [-0.3, -0.25) is 0 Å². The Morgan fingerprint density at radius 1 is 1.42 bits per heavy atom. The molecule has 104 valence electrons. The monoisotopic (exact) mass is 310 g/mol. The number of aromatic nitrogens is 2. The fraction of sp³-hybridized carbons (Fsp3) is 0.500. The highest BCUT2D eigenvalue weighted by atomic mass is 32.2. The van der Waals surface area contributed by atoms with Crippen LogP contribution in [0.1, 0.15) is 27.1 Å². The molecule has 1 saturated heterocycles. The minimum atomic E-state index is -4.79. The van der Waals surface area contributed by atoms with E-state index >= 15 is 0 Å². The number of rotatable bonds is 2. The predicted octanol–water partition coefficient (Wildman–Crippen LogP) is 2.71. The van der Waals surface area contributed by atoms with Gasteiger partial charge in [0.2, 0.25) is 0 Å². The van der Waals surface area contributed by atoms with E-state index in [9.17, 15) is 18.0 Å². The molecule has 1 fully saturated rings. The lowest BCUT2D eigenvalue weighted by molar-refractivity contribution is -0.141. The number of nitrogens with zero attached hydrogens (tertiary/aromatic N) is 2. The second kappa shape index (κ2) is 5.58. The van der Waals surface area contributed by atoms with Gasteiger partial charge in [-0.15, -0.1) is 11.8 Å². The highest BCUT2D eigenvalue weighted by Crippen LogP contribution is 2.37. The molecule has 0 aliphatic carbocycles. The van der Waals surface area contributed by atoms with Crippen molar-refractivity contribution in [3.05, 3.63) is 23.3 Å². The SMILES string of the molecule is O=C(O)c1cnc(C2CSCCS2)nc1C(F)(F)F. The number of alkyl halides is 3. The van der Waals surface area contributed by atoms with Crippen molar-refractivity contribution >= 4 is 29.5 Å². The summed E-state index contributed by atoms with van der Waals surface area (Å²) in [4.78, 5) is 18.0. The van der Waals surface area contributed by atoms with Gasteiger partial charge in [-0.25, -0.2) is 14.8 Å². The van der Waals surface area contributed by atoms with Crippen molar-refractivity contribution < 1.29 is 23.1 Å². The molecule has 2 rings (SSSR count). The molecule has 1 atom stereocenters. The van der Waals surface area contributed by atoms with Gasteiger partial charge < -0.3 is 5.11 Å². The molecule has 1 aromatic heterocycles. The van der Waals surface area contributed by atoms with Gasteiger partial charge in [-0.2, -0.15) is 24.9 Å². The highest BCUT2D eigenvalue weighted by molar-refractivity contribution is 8.06. The smallest absolute Gasteiger partial charge is 0.434 e. The van der Waals surface area contributed by atoms with Crippen molar-refractivity contribution in [1.82, 2.24) is 9.97 Å². The molecule has 0 radical (unpaired) electrons. The maximum atomic E-state index is 12.8. The summed E-state index contributed by atoms with van der Waals surface area (Å²) in [6, 6.07) is 0. The van der Waals surface area contributed by atoms with Crippen LogP contribution >= 0.6 is 23.5 Å². The number of thioether (sulfide) groups is 2. The van der Waals surface area contributed by atoms with Gasteiger partial charge in [-0.1, -0.05) is 0 Å². The molecule has 0 saturated carbocycles. The van der Waals surface area contributed by atoms with Crippen LogP contribution in [0.15, 0.2) is 6.20 Å². The zero-order valence-electron chi connectivity index (χ0n) is 9.48. The lowest BCUT2D eigenvalue weighted by atomic mass is 10.2. The Morgan fingerprint density at radius 2 is 2.16 bits per heavy atom. The van der Waals surface area contributed by atoms with Gasteiger partial charge >= 0.3 is 12.1 Å². The average molecular weight is 310 g/mol. The van der Waals surface area contributed by atoms with Crippen LogP contribution in [0.5, 0.6) is 0 Å². The Labute approximate surface area is 115 Å². The summed E-state index contributed by atoms with van der Waals surface area (Å²) in [7, 11) is 0. The molecule has 9 heteroatoms. The van der Waals surface area contributed by atoms with Crippen LogP contribution in [0, 0.1) is 0 Å². The number of hydrogen-bond donors (Lipinski definition) is 1. The number of carbonyl (C=O) groups is 1. The summed E-state index contributed by atoms with van der Waals surface area (Å²) in [5.41, 5.74) is -2.29. The topological polar surface area (TPSA) is 63.1 Å². The van der Waals surface area contributed by atoms with Crippen molar-refractivity contribution in [1.29, 1.82) is 0 Å². The van der Waals surface area contributed by atoms with E-state index in [1.807, 2.05) is 0 Å². The van der Waals surface area contributed by atoms with Gasteiger partial charge in [0.25, 0.3) is 0 Å². The molecule has 1 unspecified atom stereocenters. The van der Waals surface area contributed by atoms with Crippen molar-refractivity contribution in [3.8, 4) is 0 Å². The Bertz CT molecular complexity index is 490. The molecule has 0 aromatic carbocycles. The quantitative estimate of drug-likeness (QED) is 0.906. The first-order chi connectivity index (χ1) is 8.89. The van der Waals surface area contributed by atoms with Crippen LogP contribution in [0.3, 0.4) is 0 Å². The summed E-state index contributed by atoms with van der Waals surface area (Å²) in [6.07, 6.45) is -4.05. The number of aromatic carboxylic acids is 1. The van der Waals surface area contributed by atoms with Gasteiger partial charge in [0, 0.05) is 23.5 Å². The zero-order valence-corrected chi connectivity index (χ0v) is 11.1. The molecule has 1 N–H and O–H groups in total. The summed E-state index contributed by atoms with van der Waals surface area (Å²) >= 11 is 3.11. The van der Waals surface area contributed by atoms with Crippen molar-refractivity contribution in [2.45, 2.75) is 11.4 Å². The van der Waals surface area contributed by atoms with E-state index in [1.54, 1.807) is 11.8 Å². The van der Waals surface area contributed by atoms with E-state index in [2.05, 4.69) is 9.97 Å². The fourth-order valence-corrected chi connectivity index (χ4v) is 4.17. The third-order valence-corrected chi connectivity index (χ3v) is 5.16. The average Bonchev–Trinajstić information content (AvgIpc) is 2.38. The number of carboxylic acid groups (broad SMARTS) is 1.